The molecule has 4 nitrogen and oxygen atoms in total. The van der Waals surface area contributed by atoms with Gasteiger partial charge in [0.05, 0.1) is 0 Å². The Morgan fingerprint density at radius 1 is 1.38 bits per heavy atom. The molecule has 0 unspecified atom stereocenters. The van der Waals surface area contributed by atoms with Crippen LogP contribution < -0.4 is 5.32 Å². The average molecular weight is 218 g/mol. The van der Waals surface area contributed by atoms with Crippen LogP contribution in [0.15, 0.2) is 23.4 Å². The first kappa shape index (κ1) is 10.7. The molecule has 0 bridgehead atoms. The quantitative estimate of drug-likeness (QED) is 0.453. The number of carbonyl (C=O) groups is 1. The highest BCUT2D eigenvalue weighted by Gasteiger charge is 2.13. The van der Waals surface area contributed by atoms with Gasteiger partial charge in [0, 0.05) is 5.69 Å². The largest absolute Gasteiger partial charge is 0.411 e. The smallest absolute Gasteiger partial charge is 0.270 e. The van der Waals surface area contributed by atoms with Gasteiger partial charge in [-0.2, -0.15) is 0 Å². The molecule has 0 aliphatic heterocycles. The minimum absolute atomic E-state index is 0.401. The van der Waals surface area contributed by atoms with Crippen molar-refractivity contribution in [3.05, 3.63) is 29.3 Å². The van der Waals surface area contributed by atoms with Crippen LogP contribution in [0, 0.1) is 0 Å². The monoisotopic (exact) mass is 218 g/mol. The van der Waals surface area contributed by atoms with E-state index in [9.17, 15) is 4.79 Å². The molecule has 0 atom stereocenters. The van der Waals surface area contributed by atoms with Gasteiger partial charge in [0.1, 0.15) is 6.21 Å². The molecule has 0 spiro atoms. The first-order valence-electron chi connectivity index (χ1n) is 5.40. The molecule has 0 saturated heterocycles. The molecule has 16 heavy (non-hydrogen) atoms. The van der Waals surface area contributed by atoms with Crippen LogP contribution in [0.5, 0.6) is 0 Å². The highest BCUT2D eigenvalue weighted by atomic mass is 16.4. The van der Waals surface area contributed by atoms with E-state index in [-0.39, 0.29) is 0 Å². The normalized spacial score (nSPS) is 14.8. The Kier molecular flexibility index (Phi) is 3.19. The number of anilines is 1. The Hall–Kier alpha value is -1.84. The number of oxime groups is 1. The van der Waals surface area contributed by atoms with Crippen LogP contribution in [0.2, 0.25) is 0 Å². The van der Waals surface area contributed by atoms with Gasteiger partial charge in [0.15, 0.2) is 0 Å². The number of hydrogen-bond acceptors (Lipinski definition) is 3. The Balaban J connectivity index is 2.24. The molecule has 1 amide bonds. The fourth-order valence-electron chi connectivity index (χ4n) is 2.12. The maximum absolute atomic E-state index is 11.3. The summed E-state index contributed by atoms with van der Waals surface area (Å²) in [5, 5.41) is 13.7. The molecule has 0 fully saturated rings. The van der Waals surface area contributed by atoms with E-state index in [4.69, 9.17) is 5.21 Å². The average Bonchev–Trinajstić information content (AvgIpc) is 2.30. The van der Waals surface area contributed by atoms with E-state index in [0.29, 0.717) is 0 Å². The third-order valence-corrected chi connectivity index (χ3v) is 2.83. The van der Waals surface area contributed by atoms with Gasteiger partial charge in [-0.25, -0.2) is 0 Å². The van der Waals surface area contributed by atoms with Crippen molar-refractivity contribution in [3.8, 4) is 0 Å². The van der Waals surface area contributed by atoms with Crippen LogP contribution >= 0.6 is 0 Å². The summed E-state index contributed by atoms with van der Waals surface area (Å²) in [4.78, 5) is 11.3. The van der Waals surface area contributed by atoms with Gasteiger partial charge in [-0.15, -0.1) is 0 Å². The van der Waals surface area contributed by atoms with E-state index in [1.807, 2.05) is 12.1 Å². The van der Waals surface area contributed by atoms with Gasteiger partial charge < -0.3 is 10.5 Å². The molecule has 2 N–H and O–H groups in total. The van der Waals surface area contributed by atoms with E-state index >= 15 is 0 Å². The second kappa shape index (κ2) is 4.79. The van der Waals surface area contributed by atoms with E-state index in [1.165, 1.54) is 17.5 Å². The third-order valence-electron chi connectivity index (χ3n) is 2.83. The van der Waals surface area contributed by atoms with Gasteiger partial charge >= 0.3 is 0 Å². The second-order valence-electron chi connectivity index (χ2n) is 3.88. The standard InChI is InChI=1S/C12H14N2O2/c15-12(8-13-16)14-11-7-3-5-9-4-1-2-6-10(9)11/h3,5,7-8,16H,1-2,4,6H2,(H,14,15). The second-order valence-corrected chi connectivity index (χ2v) is 3.88. The lowest BCUT2D eigenvalue weighted by Crippen LogP contribution is -2.16. The predicted octanol–water partition coefficient (Wildman–Crippen LogP) is 1.96. The predicted molar refractivity (Wildman–Crippen MR) is 62.0 cm³/mol. The molecule has 4 heteroatoms. The lowest BCUT2D eigenvalue weighted by atomic mass is 9.90. The molecule has 0 heterocycles. The fraction of sp³-hybridized carbons (Fsp3) is 0.333. The molecular weight excluding hydrogens is 204 g/mol. The summed E-state index contributed by atoms with van der Waals surface area (Å²) in [6.45, 7) is 0. The SMILES string of the molecule is O=C(C=NO)Nc1cccc2c1CCCC2. The van der Waals surface area contributed by atoms with Crippen molar-refractivity contribution in [3.63, 3.8) is 0 Å². The first-order chi connectivity index (χ1) is 7.81. The number of carbonyl (C=O) groups excluding carboxylic acids is 1. The molecule has 1 aliphatic carbocycles. The fourth-order valence-corrected chi connectivity index (χ4v) is 2.12. The topological polar surface area (TPSA) is 61.7 Å². The maximum Gasteiger partial charge on any atom is 0.270 e. The molecule has 0 radical (unpaired) electrons. The minimum Gasteiger partial charge on any atom is -0.411 e. The number of rotatable bonds is 2. The van der Waals surface area contributed by atoms with Gasteiger partial charge in [0.2, 0.25) is 0 Å². The lowest BCUT2D eigenvalue weighted by molar-refractivity contribution is -0.110. The van der Waals surface area contributed by atoms with E-state index in [1.54, 1.807) is 0 Å². The summed E-state index contributed by atoms with van der Waals surface area (Å²) < 4.78 is 0. The van der Waals surface area contributed by atoms with E-state index < -0.39 is 5.91 Å². The molecule has 0 aromatic heterocycles. The summed E-state index contributed by atoms with van der Waals surface area (Å²) in [6, 6.07) is 5.92. The molecule has 2 rings (SSSR count). The number of benzene rings is 1. The van der Waals surface area contributed by atoms with E-state index in [0.717, 1.165) is 31.2 Å². The molecule has 0 saturated carbocycles. The Labute approximate surface area is 94.0 Å². The zero-order valence-electron chi connectivity index (χ0n) is 8.94. The first-order valence-corrected chi connectivity index (χ1v) is 5.40. The molecule has 84 valence electrons. The summed E-state index contributed by atoms with van der Waals surface area (Å²) in [5.41, 5.74) is 3.36. The summed E-state index contributed by atoms with van der Waals surface area (Å²) in [7, 11) is 0. The molecular formula is C12H14N2O2. The highest BCUT2D eigenvalue weighted by molar-refractivity contribution is 6.31. The van der Waals surface area contributed by atoms with Crippen LogP contribution in [-0.2, 0) is 17.6 Å². The van der Waals surface area contributed by atoms with Gasteiger partial charge in [-0.1, -0.05) is 17.3 Å². The number of amides is 1. The third kappa shape index (κ3) is 2.21. The van der Waals surface area contributed by atoms with Crippen molar-refractivity contribution < 1.29 is 10.0 Å². The highest BCUT2D eigenvalue weighted by Crippen LogP contribution is 2.27. The van der Waals surface area contributed by atoms with Crippen molar-refractivity contribution in [1.82, 2.24) is 0 Å². The lowest BCUT2D eigenvalue weighted by Gasteiger charge is -2.19. The number of nitrogens with one attached hydrogen (secondary N) is 1. The summed E-state index contributed by atoms with van der Waals surface area (Å²) >= 11 is 0. The van der Waals surface area contributed by atoms with Gasteiger partial charge in [0.25, 0.3) is 5.91 Å². The summed E-state index contributed by atoms with van der Waals surface area (Å²) in [5.74, 6) is -0.401. The van der Waals surface area contributed by atoms with Crippen molar-refractivity contribution >= 4 is 17.8 Å². The van der Waals surface area contributed by atoms with Crippen molar-refractivity contribution in [2.24, 2.45) is 5.16 Å². The van der Waals surface area contributed by atoms with Crippen molar-refractivity contribution in [2.75, 3.05) is 5.32 Å². The number of aryl methyl sites for hydroxylation is 1. The zero-order valence-corrected chi connectivity index (χ0v) is 8.94. The molecule has 1 aromatic carbocycles. The number of nitrogens with zero attached hydrogens (tertiary/aromatic N) is 1. The number of hydrogen-bond donors (Lipinski definition) is 2. The van der Waals surface area contributed by atoms with Crippen molar-refractivity contribution in [1.29, 1.82) is 0 Å². The zero-order chi connectivity index (χ0) is 11.4. The Bertz CT molecular complexity index is 427. The maximum atomic E-state index is 11.3. The minimum atomic E-state index is -0.401. The Morgan fingerprint density at radius 3 is 3.00 bits per heavy atom. The van der Waals surface area contributed by atoms with Crippen LogP contribution in [0.25, 0.3) is 0 Å². The van der Waals surface area contributed by atoms with Crippen LogP contribution in [0.3, 0.4) is 0 Å². The van der Waals surface area contributed by atoms with Crippen LogP contribution in [0.1, 0.15) is 24.0 Å². The van der Waals surface area contributed by atoms with Crippen LogP contribution in [-0.4, -0.2) is 17.3 Å². The molecule has 1 aromatic rings. The van der Waals surface area contributed by atoms with Crippen molar-refractivity contribution in [2.45, 2.75) is 25.7 Å². The number of fused-ring (bicyclic) bond motifs is 1. The summed E-state index contributed by atoms with van der Waals surface area (Å²) in [6.07, 6.45) is 5.31. The van der Waals surface area contributed by atoms with E-state index in [2.05, 4.69) is 16.5 Å². The molecule has 1 aliphatic rings. The van der Waals surface area contributed by atoms with Gasteiger partial charge in [-0.05, 0) is 42.9 Å². The van der Waals surface area contributed by atoms with Crippen LogP contribution in [0.4, 0.5) is 5.69 Å². The Morgan fingerprint density at radius 2 is 2.19 bits per heavy atom. The van der Waals surface area contributed by atoms with Gasteiger partial charge in [-0.3, -0.25) is 4.79 Å².